The lowest BCUT2D eigenvalue weighted by atomic mass is 9.71. The van der Waals surface area contributed by atoms with E-state index in [0.717, 1.165) is 12.8 Å². The van der Waals surface area contributed by atoms with Crippen LogP contribution in [0.4, 0.5) is 0 Å². The summed E-state index contributed by atoms with van der Waals surface area (Å²) in [5, 5.41) is 9.51. The maximum absolute atomic E-state index is 12.2. The molecule has 1 aromatic heterocycles. The average Bonchev–Trinajstić information content (AvgIpc) is 2.86. The Labute approximate surface area is 125 Å². The molecule has 2 rings (SSSR count). The van der Waals surface area contributed by atoms with E-state index in [0.29, 0.717) is 18.8 Å². The molecule has 118 valence electrons. The zero-order valence-electron chi connectivity index (χ0n) is 12.4. The molecule has 2 N–H and O–H groups in total. The first-order valence-corrected chi connectivity index (χ1v) is 8.58. The first-order valence-electron chi connectivity index (χ1n) is 7.10. The molecule has 0 amide bonds. The number of hydrogen-bond donors (Lipinski definition) is 2. The smallest absolute Gasteiger partial charge is 0.310 e. The van der Waals surface area contributed by atoms with E-state index in [1.165, 1.54) is 12.3 Å². The van der Waals surface area contributed by atoms with Crippen molar-refractivity contribution in [2.75, 3.05) is 6.54 Å². The number of nitrogens with zero attached hydrogens (tertiary/aromatic N) is 1. The van der Waals surface area contributed by atoms with Gasteiger partial charge in [0.25, 0.3) is 0 Å². The minimum atomic E-state index is -3.66. The fraction of sp³-hybridized carbons (Fsp3) is 0.643. The molecule has 1 aliphatic rings. The number of carboxylic acids is 1. The van der Waals surface area contributed by atoms with Gasteiger partial charge in [0.15, 0.2) is 0 Å². The molecule has 0 aromatic carbocycles. The molecule has 0 unspecified atom stereocenters. The van der Waals surface area contributed by atoms with Crippen LogP contribution in [0.25, 0.3) is 0 Å². The Kier molecular flexibility index (Phi) is 4.43. The molecule has 0 spiro atoms. The zero-order chi connectivity index (χ0) is 15.7. The standard InChI is InChI=1S/C14H22N2O4S/c1-11-3-6-14(7-4-11,13(17)18)10-15-21(19,20)12-5-8-16(2)9-12/h5,8-9,11,15H,3-4,6-7,10H2,1-2H3,(H,17,18). The van der Waals surface area contributed by atoms with Crippen molar-refractivity contribution < 1.29 is 18.3 Å². The molecular weight excluding hydrogens is 292 g/mol. The van der Waals surface area contributed by atoms with Crippen molar-refractivity contribution in [2.45, 2.75) is 37.5 Å². The second kappa shape index (κ2) is 5.81. The first kappa shape index (κ1) is 16.0. The molecule has 0 atom stereocenters. The minimum absolute atomic E-state index is 0.0493. The van der Waals surface area contributed by atoms with Gasteiger partial charge in [-0.15, -0.1) is 0 Å². The lowest BCUT2D eigenvalue weighted by Crippen LogP contribution is -2.45. The predicted octanol–water partition coefficient (Wildman–Crippen LogP) is 1.58. The summed E-state index contributed by atoms with van der Waals surface area (Å²) in [6.45, 7) is 2.05. The summed E-state index contributed by atoms with van der Waals surface area (Å²) >= 11 is 0. The van der Waals surface area contributed by atoms with E-state index in [4.69, 9.17) is 0 Å². The molecule has 21 heavy (non-hydrogen) atoms. The van der Waals surface area contributed by atoms with Gasteiger partial charge < -0.3 is 9.67 Å². The number of hydrogen-bond acceptors (Lipinski definition) is 3. The highest BCUT2D eigenvalue weighted by Gasteiger charge is 2.42. The van der Waals surface area contributed by atoms with Crippen molar-refractivity contribution >= 4 is 16.0 Å². The van der Waals surface area contributed by atoms with Crippen molar-refractivity contribution in [1.29, 1.82) is 0 Å². The van der Waals surface area contributed by atoms with E-state index in [1.807, 2.05) is 0 Å². The molecule has 7 heteroatoms. The van der Waals surface area contributed by atoms with Crippen LogP contribution < -0.4 is 4.72 Å². The highest BCUT2D eigenvalue weighted by Crippen LogP contribution is 2.38. The van der Waals surface area contributed by atoms with E-state index < -0.39 is 21.4 Å². The second-order valence-electron chi connectivity index (χ2n) is 6.11. The first-order chi connectivity index (χ1) is 9.75. The van der Waals surface area contributed by atoms with Crippen LogP contribution in [-0.4, -0.2) is 30.6 Å². The summed E-state index contributed by atoms with van der Waals surface area (Å²) in [7, 11) is -1.92. The Balaban J connectivity index is 2.11. The van der Waals surface area contributed by atoms with Crippen LogP contribution in [0.3, 0.4) is 0 Å². The van der Waals surface area contributed by atoms with Crippen LogP contribution in [0.5, 0.6) is 0 Å². The van der Waals surface area contributed by atoms with E-state index in [2.05, 4.69) is 11.6 Å². The molecule has 0 radical (unpaired) electrons. The van der Waals surface area contributed by atoms with Gasteiger partial charge in [0.05, 0.1) is 10.3 Å². The maximum Gasteiger partial charge on any atom is 0.310 e. The van der Waals surface area contributed by atoms with Crippen molar-refractivity contribution in [3.05, 3.63) is 18.5 Å². The van der Waals surface area contributed by atoms with Gasteiger partial charge in [-0.25, -0.2) is 13.1 Å². The molecule has 1 aromatic rings. The maximum atomic E-state index is 12.2. The normalized spacial score (nSPS) is 26.7. The van der Waals surface area contributed by atoms with E-state index >= 15 is 0 Å². The molecule has 1 saturated carbocycles. The summed E-state index contributed by atoms with van der Waals surface area (Å²) in [6.07, 6.45) is 5.81. The molecule has 6 nitrogen and oxygen atoms in total. The molecular formula is C14H22N2O4S. The summed E-state index contributed by atoms with van der Waals surface area (Å²) < 4.78 is 28.5. The quantitative estimate of drug-likeness (QED) is 0.863. The second-order valence-corrected chi connectivity index (χ2v) is 7.87. The van der Waals surface area contributed by atoms with Crippen molar-refractivity contribution in [1.82, 2.24) is 9.29 Å². The molecule has 1 aliphatic carbocycles. The van der Waals surface area contributed by atoms with E-state index in [1.54, 1.807) is 17.8 Å². The number of nitrogens with one attached hydrogen (secondary N) is 1. The Bertz CT molecular complexity index is 613. The third-order valence-electron chi connectivity index (χ3n) is 4.40. The van der Waals surface area contributed by atoms with Crippen molar-refractivity contribution in [3.8, 4) is 0 Å². The van der Waals surface area contributed by atoms with Gasteiger partial charge in [-0.3, -0.25) is 4.79 Å². The summed E-state index contributed by atoms with van der Waals surface area (Å²) in [6, 6.07) is 1.50. The SMILES string of the molecule is CC1CCC(CNS(=O)(=O)c2ccn(C)c2)(C(=O)O)CC1. The fourth-order valence-electron chi connectivity index (χ4n) is 2.73. The van der Waals surface area contributed by atoms with Crippen LogP contribution in [0.2, 0.25) is 0 Å². The molecule has 1 heterocycles. The number of aryl methyl sites for hydroxylation is 1. The number of rotatable bonds is 5. The minimum Gasteiger partial charge on any atom is -0.481 e. The fourth-order valence-corrected chi connectivity index (χ4v) is 3.91. The van der Waals surface area contributed by atoms with Gasteiger partial charge >= 0.3 is 5.97 Å². The van der Waals surface area contributed by atoms with Crippen molar-refractivity contribution in [2.24, 2.45) is 18.4 Å². The number of aromatic nitrogens is 1. The Morgan fingerprint density at radius 3 is 2.57 bits per heavy atom. The number of carboxylic acid groups (broad SMARTS) is 1. The molecule has 1 fully saturated rings. The lowest BCUT2D eigenvalue weighted by Gasteiger charge is -2.35. The number of carbonyl (C=O) groups is 1. The van der Waals surface area contributed by atoms with Gasteiger partial charge in [0.1, 0.15) is 0 Å². The van der Waals surface area contributed by atoms with Gasteiger partial charge in [-0.05, 0) is 37.7 Å². The molecule has 0 bridgehead atoms. The van der Waals surface area contributed by atoms with Crippen LogP contribution in [-0.2, 0) is 21.9 Å². The van der Waals surface area contributed by atoms with Crippen LogP contribution >= 0.6 is 0 Å². The van der Waals surface area contributed by atoms with Crippen LogP contribution in [0.15, 0.2) is 23.4 Å². The monoisotopic (exact) mass is 314 g/mol. The summed E-state index contributed by atoms with van der Waals surface area (Å²) in [4.78, 5) is 11.8. The van der Waals surface area contributed by atoms with Crippen LogP contribution in [0.1, 0.15) is 32.6 Å². The number of sulfonamides is 1. The Hall–Kier alpha value is -1.34. The topological polar surface area (TPSA) is 88.4 Å². The molecule has 0 saturated heterocycles. The predicted molar refractivity (Wildman–Crippen MR) is 78.3 cm³/mol. The number of aliphatic carboxylic acids is 1. The third-order valence-corrected chi connectivity index (χ3v) is 5.79. The lowest BCUT2D eigenvalue weighted by molar-refractivity contribution is -0.151. The highest BCUT2D eigenvalue weighted by molar-refractivity contribution is 7.89. The van der Waals surface area contributed by atoms with Gasteiger partial charge in [-0.1, -0.05) is 6.92 Å². The van der Waals surface area contributed by atoms with E-state index in [9.17, 15) is 18.3 Å². The van der Waals surface area contributed by atoms with Gasteiger partial charge in [-0.2, -0.15) is 0 Å². The summed E-state index contributed by atoms with van der Waals surface area (Å²) in [5.41, 5.74) is -0.978. The molecule has 0 aliphatic heterocycles. The van der Waals surface area contributed by atoms with Gasteiger partial charge in [0.2, 0.25) is 10.0 Å². The highest BCUT2D eigenvalue weighted by atomic mass is 32.2. The van der Waals surface area contributed by atoms with Crippen molar-refractivity contribution in [3.63, 3.8) is 0 Å². The van der Waals surface area contributed by atoms with E-state index in [-0.39, 0.29) is 11.4 Å². The third kappa shape index (κ3) is 3.47. The van der Waals surface area contributed by atoms with Crippen LogP contribution in [0, 0.1) is 11.3 Å². The Morgan fingerprint density at radius 1 is 1.48 bits per heavy atom. The summed E-state index contributed by atoms with van der Waals surface area (Å²) in [5.74, 6) is -0.409. The van der Waals surface area contributed by atoms with Gasteiger partial charge in [0, 0.05) is 26.0 Å². The largest absolute Gasteiger partial charge is 0.481 e. The Morgan fingerprint density at radius 2 is 2.10 bits per heavy atom. The average molecular weight is 314 g/mol. The zero-order valence-corrected chi connectivity index (χ0v) is 13.2.